The number of benzene rings is 2. The zero-order chi connectivity index (χ0) is 23.1. The van der Waals surface area contributed by atoms with Gasteiger partial charge in [-0.2, -0.15) is 0 Å². The minimum Gasteiger partial charge on any atom is -0.497 e. The number of carbonyl (C=O) groups excluding carboxylic acids is 2. The van der Waals surface area contributed by atoms with Crippen LogP contribution in [0.5, 0.6) is 11.5 Å². The number of nitrogens with one attached hydrogen (secondary N) is 1. The van der Waals surface area contributed by atoms with Crippen molar-refractivity contribution in [1.82, 2.24) is 15.1 Å². The van der Waals surface area contributed by atoms with E-state index in [0.717, 1.165) is 25.4 Å². The summed E-state index contributed by atoms with van der Waals surface area (Å²) in [5, 5.41) is 3.56. The van der Waals surface area contributed by atoms with Crippen LogP contribution in [0.25, 0.3) is 0 Å². The fourth-order valence-corrected chi connectivity index (χ4v) is 3.69. The molecule has 2 aromatic rings. The van der Waals surface area contributed by atoms with Gasteiger partial charge in [-0.25, -0.2) is 0 Å². The third kappa shape index (κ3) is 6.37. The monoisotopic (exact) mass is 459 g/mol. The summed E-state index contributed by atoms with van der Waals surface area (Å²) in [5.41, 5.74) is -0.369. The third-order valence-corrected chi connectivity index (χ3v) is 5.68. The second-order valence-electron chi connectivity index (χ2n) is 8.18. The Morgan fingerprint density at radius 3 is 2.16 bits per heavy atom. The summed E-state index contributed by atoms with van der Waals surface area (Å²) in [5.74, 6) is 1.18. The average molecular weight is 460 g/mol. The zero-order valence-corrected chi connectivity index (χ0v) is 19.5. The summed E-state index contributed by atoms with van der Waals surface area (Å²) in [4.78, 5) is 29.3. The Morgan fingerprint density at radius 1 is 0.969 bits per heavy atom. The van der Waals surface area contributed by atoms with Crippen molar-refractivity contribution in [3.05, 3.63) is 59.1 Å². The van der Waals surface area contributed by atoms with Gasteiger partial charge in [0.25, 0.3) is 11.8 Å². The van der Waals surface area contributed by atoms with Crippen LogP contribution < -0.4 is 14.8 Å². The van der Waals surface area contributed by atoms with Crippen molar-refractivity contribution in [1.29, 1.82) is 0 Å². The summed E-state index contributed by atoms with van der Waals surface area (Å²) in [6, 6.07) is 14.0. The van der Waals surface area contributed by atoms with Crippen LogP contribution in [0.4, 0.5) is 0 Å². The molecule has 1 aliphatic heterocycles. The van der Waals surface area contributed by atoms with Crippen molar-refractivity contribution < 1.29 is 19.1 Å². The molecule has 0 radical (unpaired) electrons. The molecule has 2 amide bonds. The van der Waals surface area contributed by atoms with Gasteiger partial charge in [0.05, 0.1) is 7.11 Å². The van der Waals surface area contributed by atoms with Gasteiger partial charge in [-0.05, 0) is 62.4 Å². The third-order valence-electron chi connectivity index (χ3n) is 5.43. The fraction of sp³-hybridized carbons (Fsp3) is 0.417. The van der Waals surface area contributed by atoms with E-state index >= 15 is 0 Å². The number of piperazine rings is 1. The second-order valence-corrected chi connectivity index (χ2v) is 8.62. The number of rotatable bonds is 8. The highest BCUT2D eigenvalue weighted by molar-refractivity contribution is 6.30. The molecule has 1 saturated heterocycles. The van der Waals surface area contributed by atoms with E-state index in [1.807, 2.05) is 4.90 Å². The summed E-state index contributed by atoms with van der Waals surface area (Å²) in [6.45, 7) is 7.59. The smallest absolute Gasteiger partial charge is 0.266 e. The van der Waals surface area contributed by atoms with Crippen LogP contribution in [-0.4, -0.2) is 73.6 Å². The predicted octanol–water partition coefficient (Wildman–Crippen LogP) is 3.08. The number of hydrogen-bond donors (Lipinski definition) is 1. The molecule has 7 nitrogen and oxygen atoms in total. The number of ether oxygens (including phenoxy) is 2. The molecule has 1 N–H and O–H groups in total. The number of methoxy groups -OCH3 is 1. The van der Waals surface area contributed by atoms with E-state index in [4.69, 9.17) is 21.1 Å². The molecule has 1 aliphatic rings. The summed E-state index contributed by atoms with van der Waals surface area (Å²) in [7, 11) is 1.59. The molecule has 32 heavy (non-hydrogen) atoms. The largest absolute Gasteiger partial charge is 0.497 e. The van der Waals surface area contributed by atoms with E-state index < -0.39 is 5.60 Å². The van der Waals surface area contributed by atoms with E-state index in [1.54, 1.807) is 69.5 Å². The van der Waals surface area contributed by atoms with Crippen molar-refractivity contribution in [3.8, 4) is 11.5 Å². The van der Waals surface area contributed by atoms with Crippen LogP contribution in [0.1, 0.15) is 24.2 Å². The summed E-state index contributed by atoms with van der Waals surface area (Å²) >= 11 is 5.91. The quantitative estimate of drug-likeness (QED) is 0.657. The van der Waals surface area contributed by atoms with Gasteiger partial charge < -0.3 is 19.7 Å². The lowest BCUT2D eigenvalue weighted by atomic mass is 10.1. The first-order chi connectivity index (χ1) is 15.3. The van der Waals surface area contributed by atoms with Gasteiger partial charge in [0.1, 0.15) is 11.5 Å². The lowest BCUT2D eigenvalue weighted by Crippen LogP contribution is -2.56. The van der Waals surface area contributed by atoms with Gasteiger partial charge in [0.2, 0.25) is 0 Å². The van der Waals surface area contributed by atoms with Gasteiger partial charge in [-0.1, -0.05) is 11.6 Å². The standard InChI is InChI=1S/C24H30ClN3O4/c1-24(2,32-21-10-6-19(25)7-11-21)23(30)28-16-14-27(15-17-28)13-12-26-22(29)18-4-8-20(31-3)9-5-18/h4-11H,12-17H2,1-3H3,(H,26,29). The number of amides is 2. The normalized spacial score (nSPS) is 14.7. The van der Waals surface area contributed by atoms with Crippen molar-refractivity contribution in [2.45, 2.75) is 19.4 Å². The SMILES string of the molecule is COc1ccc(C(=O)NCCN2CCN(C(=O)C(C)(C)Oc3ccc(Cl)cc3)CC2)cc1. The van der Waals surface area contributed by atoms with E-state index in [0.29, 0.717) is 36.0 Å². The molecule has 0 spiro atoms. The first-order valence-corrected chi connectivity index (χ1v) is 11.0. The van der Waals surface area contributed by atoms with Gasteiger partial charge >= 0.3 is 0 Å². The Bertz CT molecular complexity index is 908. The molecule has 8 heteroatoms. The highest BCUT2D eigenvalue weighted by Gasteiger charge is 2.35. The van der Waals surface area contributed by atoms with Crippen LogP contribution in [0, 0.1) is 0 Å². The summed E-state index contributed by atoms with van der Waals surface area (Å²) < 4.78 is 11.0. The molecule has 0 saturated carbocycles. The predicted molar refractivity (Wildman–Crippen MR) is 125 cm³/mol. The van der Waals surface area contributed by atoms with Gasteiger partial charge in [-0.15, -0.1) is 0 Å². The van der Waals surface area contributed by atoms with E-state index in [1.165, 1.54) is 0 Å². The first kappa shape index (κ1) is 23.9. The number of carbonyl (C=O) groups is 2. The maximum Gasteiger partial charge on any atom is 0.266 e. The van der Waals surface area contributed by atoms with Crippen molar-refractivity contribution in [2.75, 3.05) is 46.4 Å². The Labute approximate surface area is 194 Å². The lowest BCUT2D eigenvalue weighted by Gasteiger charge is -2.38. The molecular weight excluding hydrogens is 430 g/mol. The van der Waals surface area contributed by atoms with Crippen LogP contribution in [0.2, 0.25) is 5.02 Å². The maximum atomic E-state index is 13.0. The van der Waals surface area contributed by atoms with Crippen LogP contribution in [0.3, 0.4) is 0 Å². The number of nitrogens with zero attached hydrogens (tertiary/aromatic N) is 2. The van der Waals surface area contributed by atoms with Crippen molar-refractivity contribution in [2.24, 2.45) is 0 Å². The molecule has 0 atom stereocenters. The molecule has 3 rings (SSSR count). The Hall–Kier alpha value is -2.77. The van der Waals surface area contributed by atoms with Gasteiger partial charge in [0.15, 0.2) is 5.60 Å². The number of hydrogen-bond acceptors (Lipinski definition) is 5. The first-order valence-electron chi connectivity index (χ1n) is 10.7. The van der Waals surface area contributed by atoms with Crippen LogP contribution in [-0.2, 0) is 4.79 Å². The Balaban J connectivity index is 1.41. The highest BCUT2D eigenvalue weighted by Crippen LogP contribution is 2.23. The summed E-state index contributed by atoms with van der Waals surface area (Å²) in [6.07, 6.45) is 0. The highest BCUT2D eigenvalue weighted by atomic mass is 35.5. The van der Waals surface area contributed by atoms with E-state index in [2.05, 4.69) is 10.2 Å². The van der Waals surface area contributed by atoms with Crippen LogP contribution >= 0.6 is 11.6 Å². The Morgan fingerprint density at radius 2 is 1.56 bits per heavy atom. The van der Waals surface area contributed by atoms with E-state index in [-0.39, 0.29) is 11.8 Å². The zero-order valence-electron chi connectivity index (χ0n) is 18.8. The molecule has 0 aromatic heterocycles. The topological polar surface area (TPSA) is 71.1 Å². The van der Waals surface area contributed by atoms with Crippen LogP contribution in [0.15, 0.2) is 48.5 Å². The maximum absolute atomic E-state index is 13.0. The molecule has 0 bridgehead atoms. The molecule has 0 aliphatic carbocycles. The lowest BCUT2D eigenvalue weighted by molar-refractivity contribution is -0.147. The number of halogens is 1. The fourth-order valence-electron chi connectivity index (χ4n) is 3.57. The average Bonchev–Trinajstić information content (AvgIpc) is 2.80. The molecular formula is C24H30ClN3O4. The minimum absolute atomic E-state index is 0.0418. The van der Waals surface area contributed by atoms with Gasteiger partial charge in [0, 0.05) is 49.9 Å². The van der Waals surface area contributed by atoms with Crippen molar-refractivity contribution in [3.63, 3.8) is 0 Å². The molecule has 1 heterocycles. The molecule has 172 valence electrons. The van der Waals surface area contributed by atoms with E-state index in [9.17, 15) is 9.59 Å². The molecule has 1 fully saturated rings. The second kappa shape index (κ2) is 10.7. The Kier molecular flexibility index (Phi) is 7.99. The molecule has 0 unspecified atom stereocenters. The van der Waals surface area contributed by atoms with Crippen molar-refractivity contribution >= 4 is 23.4 Å². The minimum atomic E-state index is -0.970. The van der Waals surface area contributed by atoms with Gasteiger partial charge in [-0.3, -0.25) is 14.5 Å². The molecule has 2 aromatic carbocycles.